The van der Waals surface area contributed by atoms with Gasteiger partial charge in [0.15, 0.2) is 0 Å². The number of rotatable bonds is 4. The minimum Gasteiger partial charge on any atom is -0.497 e. The van der Waals surface area contributed by atoms with Crippen molar-refractivity contribution < 1.29 is 14.3 Å². The van der Waals surface area contributed by atoms with Crippen molar-refractivity contribution in [1.29, 1.82) is 0 Å². The van der Waals surface area contributed by atoms with Crippen molar-refractivity contribution >= 4 is 17.5 Å². The van der Waals surface area contributed by atoms with Crippen LogP contribution in [0, 0.1) is 0 Å². The van der Waals surface area contributed by atoms with Crippen LogP contribution in [0.2, 0.25) is 0 Å². The van der Waals surface area contributed by atoms with Gasteiger partial charge in [-0.25, -0.2) is 0 Å². The second kappa shape index (κ2) is 7.38. The van der Waals surface area contributed by atoms with Crippen molar-refractivity contribution in [2.45, 2.75) is 25.8 Å². The zero-order chi connectivity index (χ0) is 17.8. The maximum atomic E-state index is 12.7. The zero-order valence-corrected chi connectivity index (χ0v) is 14.5. The lowest BCUT2D eigenvalue weighted by atomic mass is 10.0. The fourth-order valence-corrected chi connectivity index (χ4v) is 3.25. The molecule has 5 heteroatoms. The smallest absolute Gasteiger partial charge is 0.247 e. The van der Waals surface area contributed by atoms with Crippen molar-refractivity contribution in [3.05, 3.63) is 48.5 Å². The number of benzene rings is 2. The average molecular weight is 338 g/mol. The van der Waals surface area contributed by atoms with Crippen molar-refractivity contribution in [3.63, 3.8) is 0 Å². The Kier molecular flexibility index (Phi) is 5.03. The molecule has 1 heterocycles. The third-order valence-electron chi connectivity index (χ3n) is 4.55. The molecule has 1 saturated heterocycles. The minimum atomic E-state index is -0.388. The number of carbonyl (C=O) groups excluding carboxylic acids is 2. The van der Waals surface area contributed by atoms with Gasteiger partial charge in [-0.1, -0.05) is 30.3 Å². The molecule has 0 bridgehead atoms. The highest BCUT2D eigenvalue weighted by Gasteiger charge is 2.32. The number of methoxy groups -OCH3 is 1. The summed E-state index contributed by atoms with van der Waals surface area (Å²) in [6.07, 6.45) is 1.56. The van der Waals surface area contributed by atoms with Crippen LogP contribution in [0.15, 0.2) is 48.5 Å². The Morgan fingerprint density at radius 1 is 1.12 bits per heavy atom. The Morgan fingerprint density at radius 2 is 1.84 bits per heavy atom. The second-order valence-electron chi connectivity index (χ2n) is 6.13. The van der Waals surface area contributed by atoms with Gasteiger partial charge in [0.25, 0.3) is 0 Å². The molecule has 2 amide bonds. The van der Waals surface area contributed by atoms with E-state index in [2.05, 4.69) is 5.32 Å². The monoisotopic (exact) mass is 338 g/mol. The van der Waals surface area contributed by atoms with Gasteiger partial charge in [-0.3, -0.25) is 9.59 Å². The van der Waals surface area contributed by atoms with E-state index in [1.54, 1.807) is 12.0 Å². The van der Waals surface area contributed by atoms with Crippen molar-refractivity contribution in [2.75, 3.05) is 19.0 Å². The fraction of sp³-hybridized carbons (Fsp3) is 0.300. The summed E-state index contributed by atoms with van der Waals surface area (Å²) >= 11 is 0. The van der Waals surface area contributed by atoms with E-state index in [0.717, 1.165) is 29.0 Å². The average Bonchev–Trinajstić information content (AvgIpc) is 3.12. The van der Waals surface area contributed by atoms with Crippen LogP contribution in [0.4, 0.5) is 5.69 Å². The van der Waals surface area contributed by atoms with Crippen LogP contribution in [0.1, 0.15) is 19.8 Å². The van der Waals surface area contributed by atoms with Crippen LogP contribution < -0.4 is 10.1 Å². The number of hydrogen-bond donors (Lipinski definition) is 1. The summed E-state index contributed by atoms with van der Waals surface area (Å²) in [5.41, 5.74) is 2.67. The van der Waals surface area contributed by atoms with E-state index in [0.29, 0.717) is 13.0 Å². The highest BCUT2D eigenvalue weighted by atomic mass is 16.5. The minimum absolute atomic E-state index is 0.0545. The van der Waals surface area contributed by atoms with Gasteiger partial charge < -0.3 is 15.0 Å². The van der Waals surface area contributed by atoms with Gasteiger partial charge in [-0.05, 0) is 36.6 Å². The molecule has 0 aliphatic carbocycles. The third-order valence-corrected chi connectivity index (χ3v) is 4.55. The van der Waals surface area contributed by atoms with Gasteiger partial charge in [0.2, 0.25) is 11.8 Å². The molecule has 0 saturated carbocycles. The molecular weight excluding hydrogens is 316 g/mol. The number of likely N-dealkylation sites (tertiary alicyclic amines) is 1. The first-order valence-corrected chi connectivity index (χ1v) is 8.41. The summed E-state index contributed by atoms with van der Waals surface area (Å²) in [7, 11) is 1.63. The van der Waals surface area contributed by atoms with E-state index in [1.807, 2.05) is 48.5 Å². The molecular formula is C20H22N2O3. The first kappa shape index (κ1) is 17.0. The Balaban J connectivity index is 1.83. The Bertz CT molecular complexity index is 771. The topological polar surface area (TPSA) is 58.6 Å². The Labute approximate surface area is 147 Å². The number of para-hydroxylation sites is 1. The third kappa shape index (κ3) is 3.65. The second-order valence-corrected chi connectivity index (χ2v) is 6.13. The lowest BCUT2D eigenvalue weighted by Crippen LogP contribution is -2.42. The molecule has 1 N–H and O–H groups in total. The maximum absolute atomic E-state index is 12.7. The number of anilines is 1. The van der Waals surface area contributed by atoms with Crippen molar-refractivity contribution in [1.82, 2.24) is 4.90 Å². The number of amides is 2. The van der Waals surface area contributed by atoms with E-state index >= 15 is 0 Å². The number of ether oxygens (including phenoxy) is 1. The molecule has 5 nitrogen and oxygen atoms in total. The largest absolute Gasteiger partial charge is 0.497 e. The van der Waals surface area contributed by atoms with E-state index in [-0.39, 0.29) is 17.9 Å². The van der Waals surface area contributed by atoms with Crippen LogP contribution in [-0.2, 0) is 9.59 Å². The van der Waals surface area contributed by atoms with Gasteiger partial charge in [-0.2, -0.15) is 0 Å². The Hall–Kier alpha value is -2.82. The molecule has 2 aromatic rings. The SMILES string of the molecule is COc1ccc(-c2ccccc2NC(=O)[C@H]2CCCN2C(C)=O)cc1. The molecule has 0 aromatic heterocycles. The van der Waals surface area contributed by atoms with Gasteiger partial charge in [-0.15, -0.1) is 0 Å². The molecule has 1 fully saturated rings. The molecule has 1 atom stereocenters. The van der Waals surface area contributed by atoms with Gasteiger partial charge in [0, 0.05) is 24.7 Å². The molecule has 0 unspecified atom stereocenters. The molecule has 2 aromatic carbocycles. The number of carbonyl (C=O) groups is 2. The highest BCUT2D eigenvalue weighted by Crippen LogP contribution is 2.30. The first-order chi connectivity index (χ1) is 12.1. The van der Waals surface area contributed by atoms with Crippen LogP contribution in [0.5, 0.6) is 5.75 Å². The normalized spacial score (nSPS) is 16.6. The molecule has 3 rings (SSSR count). The molecule has 1 aliphatic heterocycles. The quantitative estimate of drug-likeness (QED) is 0.930. The Morgan fingerprint density at radius 3 is 2.52 bits per heavy atom. The van der Waals surface area contributed by atoms with Crippen LogP contribution in [0.3, 0.4) is 0 Å². The molecule has 0 radical (unpaired) electrons. The summed E-state index contributed by atoms with van der Waals surface area (Å²) in [4.78, 5) is 26.0. The summed E-state index contributed by atoms with van der Waals surface area (Å²) < 4.78 is 5.19. The summed E-state index contributed by atoms with van der Waals surface area (Å²) in [6, 6.07) is 15.0. The summed E-state index contributed by atoms with van der Waals surface area (Å²) in [5.74, 6) is 0.600. The fourth-order valence-electron chi connectivity index (χ4n) is 3.25. The first-order valence-electron chi connectivity index (χ1n) is 8.41. The van der Waals surface area contributed by atoms with Gasteiger partial charge in [0.05, 0.1) is 7.11 Å². The maximum Gasteiger partial charge on any atom is 0.247 e. The summed E-state index contributed by atoms with van der Waals surface area (Å²) in [6.45, 7) is 2.16. The zero-order valence-electron chi connectivity index (χ0n) is 14.5. The molecule has 130 valence electrons. The lowest BCUT2D eigenvalue weighted by Gasteiger charge is -2.23. The number of hydrogen-bond acceptors (Lipinski definition) is 3. The van der Waals surface area contributed by atoms with Gasteiger partial charge >= 0.3 is 0 Å². The predicted molar refractivity (Wildman–Crippen MR) is 97.5 cm³/mol. The van der Waals surface area contributed by atoms with E-state index in [1.165, 1.54) is 6.92 Å². The van der Waals surface area contributed by atoms with E-state index < -0.39 is 0 Å². The van der Waals surface area contributed by atoms with Crippen LogP contribution in [0.25, 0.3) is 11.1 Å². The van der Waals surface area contributed by atoms with Crippen molar-refractivity contribution in [3.8, 4) is 16.9 Å². The van der Waals surface area contributed by atoms with Crippen LogP contribution in [-0.4, -0.2) is 36.4 Å². The van der Waals surface area contributed by atoms with E-state index in [4.69, 9.17) is 4.74 Å². The number of nitrogens with zero attached hydrogens (tertiary/aromatic N) is 1. The molecule has 0 spiro atoms. The standard InChI is InChI=1S/C20H22N2O3/c1-14(23)22-13-5-8-19(22)20(24)21-18-7-4-3-6-17(18)15-9-11-16(25-2)12-10-15/h3-4,6-7,9-12,19H,5,8,13H2,1-2H3,(H,21,24)/t19-/m1/s1. The highest BCUT2D eigenvalue weighted by molar-refractivity contribution is 6.00. The predicted octanol–water partition coefficient (Wildman–Crippen LogP) is 3.31. The van der Waals surface area contributed by atoms with Crippen LogP contribution >= 0.6 is 0 Å². The summed E-state index contributed by atoms with van der Waals surface area (Å²) in [5, 5.41) is 3.00. The molecule has 25 heavy (non-hydrogen) atoms. The molecule has 1 aliphatic rings. The van der Waals surface area contributed by atoms with E-state index in [9.17, 15) is 9.59 Å². The lowest BCUT2D eigenvalue weighted by molar-refractivity contribution is -0.134. The van der Waals surface area contributed by atoms with Gasteiger partial charge in [0.1, 0.15) is 11.8 Å². The number of nitrogens with one attached hydrogen (secondary N) is 1. The van der Waals surface area contributed by atoms with Crippen molar-refractivity contribution in [2.24, 2.45) is 0 Å².